The fourth-order valence-electron chi connectivity index (χ4n) is 3.34. The van der Waals surface area contributed by atoms with Crippen molar-refractivity contribution in [3.05, 3.63) is 70.4 Å². The lowest BCUT2D eigenvalue weighted by atomic mass is 10.1. The Labute approximate surface area is 196 Å². The zero-order valence-electron chi connectivity index (χ0n) is 18.1. The number of amides is 2. The van der Waals surface area contributed by atoms with Crippen molar-refractivity contribution in [3.8, 4) is 0 Å². The summed E-state index contributed by atoms with van der Waals surface area (Å²) >= 11 is 6.27. The van der Waals surface area contributed by atoms with Gasteiger partial charge in [0.1, 0.15) is 5.15 Å². The Morgan fingerprint density at radius 1 is 1.00 bits per heavy atom. The molecule has 0 spiro atoms. The fourth-order valence-corrected chi connectivity index (χ4v) is 3.55. The van der Waals surface area contributed by atoms with Gasteiger partial charge < -0.3 is 10.2 Å². The molecule has 0 aliphatic carbocycles. The third-order valence-electron chi connectivity index (χ3n) is 4.82. The molecule has 3 aromatic rings. The molecule has 4 nitrogen and oxygen atoms in total. The zero-order valence-corrected chi connectivity index (χ0v) is 18.8. The summed E-state index contributed by atoms with van der Waals surface area (Å²) in [6, 6.07) is 8.94. The Kier molecular flexibility index (Phi) is 7.30. The molecule has 3 rings (SSSR count). The number of hydrogen-bond acceptors (Lipinski definition) is 2. The molecule has 2 amide bonds. The molecule has 34 heavy (non-hydrogen) atoms. The van der Waals surface area contributed by atoms with E-state index < -0.39 is 35.2 Å². The van der Waals surface area contributed by atoms with Crippen LogP contribution >= 0.6 is 11.6 Å². The lowest BCUT2D eigenvalue weighted by Gasteiger charge is -2.26. The lowest BCUT2D eigenvalue weighted by Crippen LogP contribution is -2.37. The van der Waals surface area contributed by atoms with Crippen LogP contribution in [0, 0.1) is 5.92 Å². The molecule has 11 heteroatoms. The Hall–Kier alpha value is -3.01. The quantitative estimate of drug-likeness (QED) is 0.287. The summed E-state index contributed by atoms with van der Waals surface area (Å²) in [4.78, 5) is 18.5. The molecule has 0 saturated heterocycles. The van der Waals surface area contributed by atoms with Crippen molar-refractivity contribution in [3.63, 3.8) is 0 Å². The van der Waals surface area contributed by atoms with Crippen molar-refractivity contribution >= 4 is 34.2 Å². The summed E-state index contributed by atoms with van der Waals surface area (Å²) < 4.78 is 78.9. The van der Waals surface area contributed by atoms with E-state index in [9.17, 15) is 31.1 Å². The average Bonchev–Trinajstić information content (AvgIpc) is 2.72. The standard InChI is InChI=1S/C23H20ClF6N3O/c1-13(2)11-33(12-15-7-14-5-3-4-6-19(14)32-20(15)24)21(34)31-18-9-16(22(25,26)27)8-17(10-18)23(28,29)30/h3-10,13H,11-12H2,1-2H3,(H,31,34). The van der Waals surface area contributed by atoms with Crippen LogP contribution in [0.15, 0.2) is 48.5 Å². The molecular formula is C23H20ClF6N3O. The largest absolute Gasteiger partial charge is 0.416 e. The van der Waals surface area contributed by atoms with Gasteiger partial charge in [-0.1, -0.05) is 43.6 Å². The normalized spacial score (nSPS) is 12.3. The van der Waals surface area contributed by atoms with Crippen LogP contribution in [-0.4, -0.2) is 22.5 Å². The summed E-state index contributed by atoms with van der Waals surface area (Å²) in [5.41, 5.74) is -2.54. The third-order valence-corrected chi connectivity index (χ3v) is 5.15. The topological polar surface area (TPSA) is 45.2 Å². The smallest absolute Gasteiger partial charge is 0.320 e. The van der Waals surface area contributed by atoms with Crippen LogP contribution in [0.2, 0.25) is 5.15 Å². The summed E-state index contributed by atoms with van der Waals surface area (Å²) in [7, 11) is 0. The first-order chi connectivity index (χ1) is 15.7. The van der Waals surface area contributed by atoms with Crippen molar-refractivity contribution in [1.82, 2.24) is 9.88 Å². The zero-order chi connectivity index (χ0) is 25.3. The Balaban J connectivity index is 1.93. The van der Waals surface area contributed by atoms with Crippen LogP contribution in [-0.2, 0) is 18.9 Å². The fraction of sp³-hybridized carbons (Fsp3) is 0.304. The Morgan fingerprint density at radius 3 is 2.15 bits per heavy atom. The van der Waals surface area contributed by atoms with Crippen LogP contribution in [0.3, 0.4) is 0 Å². The van der Waals surface area contributed by atoms with Gasteiger partial charge in [-0.3, -0.25) is 0 Å². The molecule has 0 atom stereocenters. The van der Waals surface area contributed by atoms with Gasteiger partial charge in [-0.2, -0.15) is 26.3 Å². The monoisotopic (exact) mass is 503 g/mol. The highest BCUT2D eigenvalue weighted by atomic mass is 35.5. The summed E-state index contributed by atoms with van der Waals surface area (Å²) in [6.45, 7) is 3.74. The van der Waals surface area contributed by atoms with Gasteiger partial charge in [-0.05, 0) is 36.2 Å². The van der Waals surface area contributed by atoms with E-state index in [1.54, 1.807) is 30.3 Å². The number of nitrogens with one attached hydrogen (secondary N) is 1. The van der Waals surface area contributed by atoms with Crippen LogP contribution in [0.4, 0.5) is 36.8 Å². The maximum absolute atomic E-state index is 13.2. The number of para-hydroxylation sites is 1. The van der Waals surface area contributed by atoms with E-state index >= 15 is 0 Å². The second-order valence-corrected chi connectivity index (χ2v) is 8.49. The van der Waals surface area contributed by atoms with Crippen LogP contribution in [0.1, 0.15) is 30.5 Å². The maximum atomic E-state index is 13.2. The molecule has 0 radical (unpaired) electrons. The molecule has 0 saturated carbocycles. The van der Waals surface area contributed by atoms with Gasteiger partial charge >= 0.3 is 18.4 Å². The van der Waals surface area contributed by atoms with E-state index in [2.05, 4.69) is 10.3 Å². The highest BCUT2D eigenvalue weighted by molar-refractivity contribution is 6.30. The van der Waals surface area contributed by atoms with Crippen molar-refractivity contribution in [2.75, 3.05) is 11.9 Å². The average molecular weight is 504 g/mol. The van der Waals surface area contributed by atoms with Gasteiger partial charge in [-0.25, -0.2) is 9.78 Å². The van der Waals surface area contributed by atoms with Crippen LogP contribution < -0.4 is 5.32 Å². The molecule has 0 unspecified atom stereocenters. The van der Waals surface area contributed by atoms with E-state index in [0.717, 1.165) is 5.39 Å². The second kappa shape index (κ2) is 9.69. The highest BCUT2D eigenvalue weighted by Gasteiger charge is 2.37. The number of benzene rings is 2. The highest BCUT2D eigenvalue weighted by Crippen LogP contribution is 2.37. The molecule has 0 bridgehead atoms. The molecule has 2 aromatic carbocycles. The molecule has 1 heterocycles. The minimum absolute atomic E-state index is 0.00205. The van der Waals surface area contributed by atoms with E-state index in [1.165, 1.54) is 4.90 Å². The molecule has 0 aliphatic heterocycles. The maximum Gasteiger partial charge on any atom is 0.416 e. The first-order valence-corrected chi connectivity index (χ1v) is 10.5. The van der Waals surface area contributed by atoms with Gasteiger partial charge in [0.2, 0.25) is 0 Å². The number of fused-ring (bicyclic) bond motifs is 1. The lowest BCUT2D eigenvalue weighted by molar-refractivity contribution is -0.143. The van der Waals surface area contributed by atoms with Gasteiger partial charge in [0, 0.05) is 23.2 Å². The molecule has 182 valence electrons. The number of anilines is 1. The predicted octanol–water partition coefficient (Wildman–Crippen LogP) is 7.62. The number of pyridine rings is 1. The number of nitrogens with zero attached hydrogens (tertiary/aromatic N) is 2. The second-order valence-electron chi connectivity index (χ2n) is 8.13. The van der Waals surface area contributed by atoms with E-state index in [4.69, 9.17) is 11.6 Å². The number of aromatic nitrogens is 1. The predicted molar refractivity (Wildman–Crippen MR) is 117 cm³/mol. The van der Waals surface area contributed by atoms with Crippen molar-refractivity contribution in [1.29, 1.82) is 0 Å². The molecule has 0 fully saturated rings. The van der Waals surface area contributed by atoms with E-state index in [0.29, 0.717) is 23.2 Å². The number of alkyl halides is 6. The van der Waals surface area contributed by atoms with Crippen molar-refractivity contribution < 1.29 is 31.1 Å². The van der Waals surface area contributed by atoms with Gasteiger partial charge in [0.15, 0.2) is 0 Å². The first kappa shape index (κ1) is 25.6. The minimum Gasteiger partial charge on any atom is -0.320 e. The molecule has 0 aliphatic rings. The summed E-state index contributed by atoms with van der Waals surface area (Å²) in [5, 5.41) is 3.07. The number of carbonyl (C=O) groups is 1. The van der Waals surface area contributed by atoms with Crippen molar-refractivity contribution in [2.24, 2.45) is 5.92 Å². The number of halogens is 7. The number of urea groups is 1. The minimum atomic E-state index is -5.03. The molecule has 1 aromatic heterocycles. The number of rotatable bonds is 5. The number of carbonyl (C=O) groups excluding carboxylic acids is 1. The first-order valence-electron chi connectivity index (χ1n) is 10.1. The summed E-state index contributed by atoms with van der Waals surface area (Å²) in [5.74, 6) is -0.0508. The molecular weight excluding hydrogens is 484 g/mol. The van der Waals surface area contributed by atoms with Gasteiger partial charge in [0.05, 0.1) is 23.2 Å². The third kappa shape index (κ3) is 6.31. The number of hydrogen-bond donors (Lipinski definition) is 1. The Morgan fingerprint density at radius 2 is 1.59 bits per heavy atom. The van der Waals surface area contributed by atoms with E-state index in [1.807, 2.05) is 13.8 Å². The van der Waals surface area contributed by atoms with Gasteiger partial charge in [-0.15, -0.1) is 0 Å². The molecule has 1 N–H and O–H groups in total. The van der Waals surface area contributed by atoms with Gasteiger partial charge in [0.25, 0.3) is 0 Å². The van der Waals surface area contributed by atoms with Crippen LogP contribution in [0.25, 0.3) is 10.9 Å². The Bertz CT molecular complexity index is 1160. The summed E-state index contributed by atoms with van der Waals surface area (Å²) in [6.07, 6.45) is -10.1. The van der Waals surface area contributed by atoms with Crippen LogP contribution in [0.5, 0.6) is 0 Å². The SMILES string of the molecule is CC(C)CN(Cc1cc2ccccc2nc1Cl)C(=O)Nc1cc(C(F)(F)F)cc(C(F)(F)F)c1. The van der Waals surface area contributed by atoms with Crippen molar-refractivity contribution in [2.45, 2.75) is 32.7 Å². The van der Waals surface area contributed by atoms with E-state index in [-0.39, 0.29) is 30.2 Å².